The molecule has 0 spiro atoms. The molecule has 0 amide bonds. The number of nitrogens with one attached hydrogen (secondary N) is 3. The molecule has 4 rings (SSSR count). The first-order valence-corrected chi connectivity index (χ1v) is 11.0. The SMILES string of the molecule is CCNC(=NCc1ccc(Cn2ccccc2=O)cc1)NCCc1c[nH]c2ccccc12.I. The number of para-hydroxylation sites is 1. The van der Waals surface area contributed by atoms with E-state index in [0.29, 0.717) is 13.1 Å². The number of aliphatic imine (C=N–C) groups is 1. The van der Waals surface area contributed by atoms with Gasteiger partial charge >= 0.3 is 0 Å². The molecule has 6 nitrogen and oxygen atoms in total. The fourth-order valence-electron chi connectivity index (χ4n) is 3.70. The Kier molecular flexibility index (Phi) is 9.12. The Morgan fingerprint density at radius 3 is 2.52 bits per heavy atom. The summed E-state index contributed by atoms with van der Waals surface area (Å²) in [7, 11) is 0. The molecule has 3 N–H and O–H groups in total. The highest BCUT2D eigenvalue weighted by atomic mass is 127. The summed E-state index contributed by atoms with van der Waals surface area (Å²) in [5.41, 5.74) is 4.70. The maximum atomic E-state index is 11.9. The fourth-order valence-corrected chi connectivity index (χ4v) is 3.70. The Bertz CT molecular complexity index is 1240. The number of halogens is 1. The van der Waals surface area contributed by atoms with Crippen molar-refractivity contribution in [2.45, 2.75) is 26.4 Å². The summed E-state index contributed by atoms with van der Waals surface area (Å²) in [6.07, 6.45) is 4.81. The summed E-state index contributed by atoms with van der Waals surface area (Å²) in [4.78, 5) is 19.9. The van der Waals surface area contributed by atoms with Crippen LogP contribution >= 0.6 is 24.0 Å². The quantitative estimate of drug-likeness (QED) is 0.173. The van der Waals surface area contributed by atoms with Crippen LogP contribution in [-0.4, -0.2) is 28.6 Å². The first kappa shape index (κ1) is 24.6. The van der Waals surface area contributed by atoms with Crippen molar-refractivity contribution in [1.29, 1.82) is 0 Å². The molecule has 0 bridgehead atoms. The maximum absolute atomic E-state index is 11.9. The largest absolute Gasteiger partial charge is 0.361 e. The number of hydrogen-bond acceptors (Lipinski definition) is 2. The number of benzene rings is 2. The minimum Gasteiger partial charge on any atom is -0.361 e. The molecular formula is C26H30IN5O. The van der Waals surface area contributed by atoms with Gasteiger partial charge in [0.15, 0.2) is 5.96 Å². The number of hydrogen-bond donors (Lipinski definition) is 3. The number of pyridine rings is 1. The summed E-state index contributed by atoms with van der Waals surface area (Å²) >= 11 is 0. The molecule has 0 unspecified atom stereocenters. The van der Waals surface area contributed by atoms with Crippen LogP contribution in [0.3, 0.4) is 0 Å². The van der Waals surface area contributed by atoms with Gasteiger partial charge in [-0.3, -0.25) is 4.79 Å². The fraction of sp³-hybridized carbons (Fsp3) is 0.231. The minimum atomic E-state index is 0. The van der Waals surface area contributed by atoms with Gasteiger partial charge in [0, 0.05) is 42.5 Å². The summed E-state index contributed by atoms with van der Waals surface area (Å²) < 4.78 is 1.70. The van der Waals surface area contributed by atoms with Gasteiger partial charge in [-0.25, -0.2) is 4.99 Å². The molecule has 0 saturated heterocycles. The molecule has 0 aliphatic carbocycles. The minimum absolute atomic E-state index is 0. The van der Waals surface area contributed by atoms with E-state index < -0.39 is 0 Å². The number of aromatic nitrogens is 2. The Balaban J connectivity index is 0.00000306. The van der Waals surface area contributed by atoms with Gasteiger partial charge < -0.3 is 20.2 Å². The molecule has 2 heterocycles. The van der Waals surface area contributed by atoms with Crippen molar-refractivity contribution in [3.63, 3.8) is 0 Å². The van der Waals surface area contributed by atoms with Gasteiger partial charge in [-0.05, 0) is 42.2 Å². The van der Waals surface area contributed by atoms with E-state index in [2.05, 4.69) is 71.2 Å². The smallest absolute Gasteiger partial charge is 0.250 e. The zero-order valence-electron chi connectivity index (χ0n) is 18.8. The molecule has 172 valence electrons. The van der Waals surface area contributed by atoms with Crippen molar-refractivity contribution in [3.8, 4) is 0 Å². The molecule has 0 radical (unpaired) electrons. The second-order valence-electron chi connectivity index (χ2n) is 7.71. The maximum Gasteiger partial charge on any atom is 0.250 e. The van der Waals surface area contributed by atoms with Crippen molar-refractivity contribution in [2.24, 2.45) is 4.99 Å². The highest BCUT2D eigenvalue weighted by Gasteiger charge is 2.04. The Hall–Kier alpha value is -3.07. The van der Waals surface area contributed by atoms with Crippen LogP contribution in [0.2, 0.25) is 0 Å². The van der Waals surface area contributed by atoms with E-state index in [-0.39, 0.29) is 29.5 Å². The van der Waals surface area contributed by atoms with E-state index in [1.807, 2.05) is 18.3 Å². The molecule has 0 aliphatic heterocycles. The van der Waals surface area contributed by atoms with Crippen LogP contribution in [0.4, 0.5) is 0 Å². The van der Waals surface area contributed by atoms with Crippen LogP contribution in [0, 0.1) is 0 Å². The second-order valence-corrected chi connectivity index (χ2v) is 7.71. The lowest BCUT2D eigenvalue weighted by atomic mass is 10.1. The van der Waals surface area contributed by atoms with E-state index in [4.69, 9.17) is 4.99 Å². The van der Waals surface area contributed by atoms with E-state index >= 15 is 0 Å². The highest BCUT2D eigenvalue weighted by Crippen LogP contribution is 2.17. The lowest BCUT2D eigenvalue weighted by molar-refractivity contribution is 0.759. The predicted molar refractivity (Wildman–Crippen MR) is 146 cm³/mol. The third-order valence-corrected chi connectivity index (χ3v) is 5.40. The Morgan fingerprint density at radius 1 is 0.970 bits per heavy atom. The lowest BCUT2D eigenvalue weighted by Gasteiger charge is -2.11. The molecule has 2 aromatic heterocycles. The van der Waals surface area contributed by atoms with Crippen molar-refractivity contribution >= 4 is 40.8 Å². The van der Waals surface area contributed by atoms with Crippen molar-refractivity contribution in [1.82, 2.24) is 20.2 Å². The van der Waals surface area contributed by atoms with Crippen molar-refractivity contribution in [2.75, 3.05) is 13.1 Å². The van der Waals surface area contributed by atoms with Crippen LogP contribution in [0.15, 0.2) is 88.9 Å². The van der Waals surface area contributed by atoms with Gasteiger partial charge in [0.1, 0.15) is 0 Å². The Morgan fingerprint density at radius 2 is 1.73 bits per heavy atom. The molecule has 2 aromatic carbocycles. The van der Waals surface area contributed by atoms with Crippen molar-refractivity contribution < 1.29 is 0 Å². The average Bonchev–Trinajstić information content (AvgIpc) is 3.23. The van der Waals surface area contributed by atoms with Gasteiger partial charge in [0.25, 0.3) is 5.56 Å². The summed E-state index contributed by atoms with van der Waals surface area (Å²) in [5.74, 6) is 0.812. The standard InChI is InChI=1S/C26H29N5O.HI/c1-2-27-26(28-15-14-22-18-29-24-8-4-3-7-23(22)24)30-17-20-10-12-21(13-11-20)19-31-16-6-5-9-25(31)32;/h3-13,16,18,29H,2,14-15,17,19H2,1H3,(H2,27,28,30);1H. The average molecular weight is 555 g/mol. The third kappa shape index (κ3) is 6.71. The van der Waals surface area contributed by atoms with E-state index in [0.717, 1.165) is 36.6 Å². The molecule has 7 heteroatoms. The number of fused-ring (bicyclic) bond motifs is 1. The van der Waals surface area contributed by atoms with Gasteiger partial charge in [-0.1, -0.05) is 48.5 Å². The predicted octanol–water partition coefficient (Wildman–Crippen LogP) is 4.29. The second kappa shape index (κ2) is 12.2. The first-order chi connectivity index (χ1) is 15.7. The highest BCUT2D eigenvalue weighted by molar-refractivity contribution is 14.0. The number of aromatic amines is 1. The van der Waals surface area contributed by atoms with E-state index in [1.165, 1.54) is 16.5 Å². The Labute approximate surface area is 211 Å². The van der Waals surface area contributed by atoms with Crippen LogP contribution in [-0.2, 0) is 19.5 Å². The molecule has 0 aliphatic rings. The van der Waals surface area contributed by atoms with Crippen molar-refractivity contribution in [3.05, 3.63) is 106 Å². The summed E-state index contributed by atoms with van der Waals surface area (Å²) in [6.45, 7) is 4.84. The van der Waals surface area contributed by atoms with Crippen LogP contribution in [0.5, 0.6) is 0 Å². The van der Waals surface area contributed by atoms with Gasteiger partial charge in [-0.2, -0.15) is 0 Å². The van der Waals surface area contributed by atoms with Crippen LogP contribution in [0.1, 0.15) is 23.6 Å². The summed E-state index contributed by atoms with van der Waals surface area (Å²) in [6, 6.07) is 21.8. The molecule has 4 aromatic rings. The molecule has 0 atom stereocenters. The van der Waals surface area contributed by atoms with E-state index in [9.17, 15) is 4.79 Å². The number of rotatable bonds is 8. The number of H-pyrrole nitrogens is 1. The first-order valence-electron chi connectivity index (χ1n) is 11.0. The monoisotopic (exact) mass is 555 g/mol. The van der Waals surface area contributed by atoms with Gasteiger partial charge in [0.2, 0.25) is 0 Å². The normalized spacial score (nSPS) is 11.2. The zero-order valence-corrected chi connectivity index (χ0v) is 21.1. The summed E-state index contributed by atoms with van der Waals surface area (Å²) in [5, 5.41) is 8.02. The lowest BCUT2D eigenvalue weighted by Crippen LogP contribution is -2.38. The third-order valence-electron chi connectivity index (χ3n) is 5.40. The topological polar surface area (TPSA) is 74.2 Å². The van der Waals surface area contributed by atoms with Crippen LogP contribution < -0.4 is 16.2 Å². The van der Waals surface area contributed by atoms with Gasteiger partial charge in [-0.15, -0.1) is 24.0 Å². The molecular weight excluding hydrogens is 525 g/mol. The molecule has 0 fully saturated rings. The molecule has 33 heavy (non-hydrogen) atoms. The van der Waals surface area contributed by atoms with Gasteiger partial charge in [0.05, 0.1) is 13.1 Å². The number of guanidine groups is 1. The van der Waals surface area contributed by atoms with Crippen LogP contribution in [0.25, 0.3) is 10.9 Å². The zero-order chi connectivity index (χ0) is 22.2. The molecule has 0 saturated carbocycles. The number of nitrogens with zero attached hydrogens (tertiary/aromatic N) is 2. The van der Waals surface area contributed by atoms with E-state index in [1.54, 1.807) is 16.7 Å².